The van der Waals surface area contributed by atoms with Gasteiger partial charge in [-0.3, -0.25) is 0 Å². The van der Waals surface area contributed by atoms with Crippen LogP contribution in [0.3, 0.4) is 0 Å². The minimum absolute atomic E-state index is 0.295. The minimum atomic E-state index is -1.45. The summed E-state index contributed by atoms with van der Waals surface area (Å²) in [6, 6.07) is 19.0. The molecule has 16 aliphatic rings. The van der Waals surface area contributed by atoms with Crippen molar-refractivity contribution < 1.29 is 99.0 Å². The molecule has 18 rings (SSSR count). The molecule has 2 aromatic carbocycles. The first-order chi connectivity index (χ1) is 67.4. The third-order valence-electron chi connectivity index (χ3n) is 28.1. The lowest BCUT2D eigenvalue weighted by Crippen LogP contribution is -2.44. The second-order valence-corrected chi connectivity index (χ2v) is 51.0. The van der Waals surface area contributed by atoms with Gasteiger partial charge in [-0.15, -0.1) is 0 Å². The molecule has 2 aromatic rings. The summed E-state index contributed by atoms with van der Waals surface area (Å²) in [5.41, 5.74) is 2.97. The summed E-state index contributed by atoms with van der Waals surface area (Å²) in [6.07, 6.45) is 56.5. The normalized spacial score (nSPS) is 28.9. The summed E-state index contributed by atoms with van der Waals surface area (Å²) >= 11 is 0. The zero-order chi connectivity index (χ0) is 101. The van der Waals surface area contributed by atoms with Gasteiger partial charge in [0.15, 0.2) is 16.6 Å². The van der Waals surface area contributed by atoms with Gasteiger partial charge in [0, 0.05) is 31.5 Å². The molecule has 0 radical (unpaired) electrons. The van der Waals surface area contributed by atoms with Crippen molar-refractivity contribution in [2.75, 3.05) is 112 Å². The molecular formula is C116H202O21Si2. The Kier molecular flexibility index (Phi) is 63.7. The fourth-order valence-electron chi connectivity index (χ4n) is 20.2. The Hall–Kier alpha value is -4.55. The fraction of sp³-hybridized carbons (Fsp3) is 0.810. The maximum Gasteiger partial charge on any atom is 0.333 e. The van der Waals surface area contributed by atoms with E-state index >= 15 is 0 Å². The highest BCUT2D eigenvalue weighted by molar-refractivity contribution is 6.84. The Morgan fingerprint density at radius 1 is 0.417 bits per heavy atom. The number of fused-ring (bicyclic) bond motifs is 14. The number of benzene rings is 2. The summed E-state index contributed by atoms with van der Waals surface area (Å²) in [7, 11) is -2.84. The quantitative estimate of drug-likeness (QED) is 0.0149. The first kappa shape index (κ1) is 123. The molecule has 800 valence electrons. The lowest BCUT2D eigenvalue weighted by atomic mass is 9.76. The second-order valence-electron chi connectivity index (χ2n) is 42.2. The van der Waals surface area contributed by atoms with E-state index in [1.165, 1.54) is 190 Å². The summed E-state index contributed by atoms with van der Waals surface area (Å²) in [4.78, 5) is 20.8. The monoisotopic (exact) mass is 1990 g/mol. The highest BCUT2D eigenvalue weighted by Crippen LogP contribution is 2.66. The Morgan fingerprint density at radius 2 is 0.942 bits per heavy atom. The van der Waals surface area contributed by atoms with Gasteiger partial charge in [0.2, 0.25) is 0 Å². The first-order valence-corrected chi connectivity index (χ1v) is 62.3. The van der Waals surface area contributed by atoms with E-state index in [-0.39, 0.29) is 11.9 Å². The van der Waals surface area contributed by atoms with Crippen LogP contribution in [-0.4, -0.2) is 208 Å². The second kappa shape index (κ2) is 71.9. The molecule has 0 amide bonds. The average Bonchev–Trinajstić information content (AvgIpc) is 1.54. The van der Waals surface area contributed by atoms with Crippen molar-refractivity contribution in [2.45, 2.75) is 433 Å². The van der Waals surface area contributed by atoms with Gasteiger partial charge >= 0.3 is 11.9 Å². The predicted octanol–water partition coefficient (Wildman–Crippen LogP) is 27.8. The van der Waals surface area contributed by atoms with Crippen LogP contribution < -0.4 is 9.47 Å². The summed E-state index contributed by atoms with van der Waals surface area (Å²) < 4.78 is 100. The molecule has 7 saturated carbocycles. The molecule has 23 atom stereocenters. The van der Waals surface area contributed by atoms with Gasteiger partial charge < -0.3 is 89.4 Å². The van der Waals surface area contributed by atoms with Crippen LogP contribution in [0.25, 0.3) is 0 Å². The molecule has 4 bridgehead atoms. The van der Waals surface area contributed by atoms with Crippen LogP contribution >= 0.6 is 0 Å². The molecule has 7 aliphatic carbocycles. The van der Waals surface area contributed by atoms with Gasteiger partial charge in [0.25, 0.3) is 0 Å². The molecule has 23 unspecified atom stereocenters. The van der Waals surface area contributed by atoms with Crippen molar-refractivity contribution in [1.82, 2.24) is 0 Å². The van der Waals surface area contributed by atoms with E-state index in [2.05, 4.69) is 151 Å². The van der Waals surface area contributed by atoms with Gasteiger partial charge in [-0.25, -0.2) is 9.59 Å². The van der Waals surface area contributed by atoms with E-state index in [0.29, 0.717) is 86.9 Å². The number of rotatable bonds is 50. The highest BCUT2D eigenvalue weighted by atomic mass is 28.4. The molecule has 9 saturated heterocycles. The molecule has 16 fully saturated rings. The van der Waals surface area contributed by atoms with Gasteiger partial charge in [-0.1, -0.05) is 224 Å². The molecule has 0 N–H and O–H groups in total. The van der Waals surface area contributed by atoms with Crippen LogP contribution in [0.2, 0.25) is 38.3 Å². The number of carbonyl (C=O) groups excluding carboxylic acids is 2. The van der Waals surface area contributed by atoms with Crippen LogP contribution in [0.5, 0.6) is 11.5 Å². The summed E-state index contributed by atoms with van der Waals surface area (Å²) in [5, 5.41) is 0. The number of allylic oxidation sites excluding steroid dienone is 1. The predicted molar refractivity (Wildman–Crippen MR) is 568 cm³/mol. The maximum atomic E-state index is 10.6. The Bertz CT molecular complexity index is 3470. The van der Waals surface area contributed by atoms with E-state index in [4.69, 9.17) is 84.6 Å². The summed E-state index contributed by atoms with van der Waals surface area (Å²) in [5.74, 6) is 11.4. The molecule has 23 heteroatoms. The van der Waals surface area contributed by atoms with Crippen molar-refractivity contribution >= 4 is 28.6 Å². The van der Waals surface area contributed by atoms with Crippen LogP contribution in [0.15, 0.2) is 98.5 Å². The number of ether oxygens (including phenoxy) is 18. The number of unbranched alkanes of at least 4 members (excludes halogenated alkanes) is 6. The first-order valence-electron chi connectivity index (χ1n) is 56.0. The van der Waals surface area contributed by atoms with Crippen molar-refractivity contribution in [1.29, 1.82) is 0 Å². The van der Waals surface area contributed by atoms with E-state index in [0.717, 1.165) is 232 Å². The molecular weight excluding hydrogens is 1790 g/mol. The zero-order valence-electron chi connectivity index (χ0n) is 91.2. The number of carbonyl (C=O) groups is 2. The fourth-order valence-corrected chi connectivity index (χ4v) is 29.3. The smallest absolute Gasteiger partial charge is 0.333 e. The third-order valence-corrected chi connectivity index (χ3v) is 35.7. The van der Waals surface area contributed by atoms with Gasteiger partial charge in [-0.05, 0) is 275 Å². The van der Waals surface area contributed by atoms with Crippen LogP contribution in [0.1, 0.15) is 339 Å². The van der Waals surface area contributed by atoms with Crippen molar-refractivity contribution in [3.63, 3.8) is 0 Å². The van der Waals surface area contributed by atoms with Crippen molar-refractivity contribution in [3.05, 3.63) is 110 Å². The van der Waals surface area contributed by atoms with Crippen LogP contribution in [0, 0.1) is 59.2 Å². The van der Waals surface area contributed by atoms with Crippen molar-refractivity contribution in [3.8, 4) is 11.5 Å². The molecule has 21 nitrogen and oxygen atoms in total. The maximum absolute atomic E-state index is 10.6. The van der Waals surface area contributed by atoms with Gasteiger partial charge in [0.1, 0.15) is 42.5 Å². The molecule has 9 aliphatic heterocycles. The zero-order valence-corrected chi connectivity index (χ0v) is 93.2. The lowest BCUT2D eigenvalue weighted by molar-refractivity contribution is -0.139. The lowest BCUT2D eigenvalue weighted by Gasteiger charge is -2.35. The minimum Gasteiger partial charge on any atom is -0.502 e. The Morgan fingerprint density at radius 3 is 1.44 bits per heavy atom. The van der Waals surface area contributed by atoms with Gasteiger partial charge in [-0.2, -0.15) is 0 Å². The van der Waals surface area contributed by atoms with E-state index in [9.17, 15) is 9.59 Å². The number of epoxide rings is 9. The van der Waals surface area contributed by atoms with Crippen LogP contribution in [0.4, 0.5) is 0 Å². The SMILES string of the molecule is C/C=C/OCCOCCC.C=C(C)C(=O)OCCC.C=CC(=O)OCCC.C=COCCCCC.CC1CC2CC1C1C2CC2OC21.CCCC1CC2CC1C1OC21.CCCC1CCC2OC2C1.CCCCCC1CO1.CCCCOCC1CO1.CCCCOc1ccc(C2CO2)cc1.CCCOCC1CO1.CCCOc1ccc(C2CO2)cc1.CCC[Si](C)(C)O[Si](C)(C)CCC1CCC2OC2C1. The standard InChI is InChI=1S/C15H32O2Si2.C12H16O2.C11H14O2.C11H16O.C10H16O.C9H16O.C8H16O2.C7H14O2.C7H12O2.2C7H14O.C6H12O2.C6H10O2/c1-6-10-18(2,3)17-19(4,5)11-9-13-7-8-14-15(12-13)16-14;1-2-3-8-13-11-6-4-10(5-7-11)12-9-14-12;1-2-7-12-10-5-3-9(4-6-10)11-8-13-11;1-5-2-6-3-7(5)10-8(6)4-9-11(10)12-9;1-2-3-6-4-7-5-8(6)10-9(7)11-10;1-2-3-7-4-5-8-9(6-7)10-8;1-3-5-9-7-8-10-6-4-2;1-2-3-4-8-5-7-6-9-7;1-4-5-9-7(8)6(2)3;1-2-3-4-5-7-6-8-7;1-3-5-6-7-8-4-2;1-2-3-7-4-6-5-8-6;1-3-5-8-6(7)4-2/h13-15H,6-12H2,1-5H3;4-7,12H,2-3,8-9H2,1H3;3-6,11H,2,7-8H2,1H3;5-11H,2-4H2,1H3;6-10H,2-5H2,1H3;7-9H,2-6H2,1H3;3,5H,4,6-8H2,1-2H3;7H,2-6H2,1H3;2,4-5H2,1,3H3;7H,2-6H2,1H3;4H,2-3,5-7H2,1H3;6H,2-5H2,1H3;4H,2-3,5H2,1H3/b;;;;;;5-3+;;;;;;. The third kappa shape index (κ3) is 54.6. The summed E-state index contributed by atoms with van der Waals surface area (Å²) in [6.45, 7) is 65.1. The number of esters is 2. The average molecular weight is 1990 g/mol. The molecule has 0 spiro atoms. The topological polar surface area (TPSA) is 239 Å². The molecule has 9 heterocycles. The molecule has 0 aromatic heterocycles. The van der Waals surface area contributed by atoms with Crippen LogP contribution in [-0.2, 0) is 89.5 Å². The Balaban J connectivity index is 0.000000233. The van der Waals surface area contributed by atoms with Gasteiger partial charge in [0.05, 0.1) is 153 Å². The van der Waals surface area contributed by atoms with E-state index in [1.54, 1.807) is 19.6 Å². The number of hydrogen-bond acceptors (Lipinski definition) is 21. The largest absolute Gasteiger partial charge is 0.502 e. The van der Waals surface area contributed by atoms with E-state index < -0.39 is 16.6 Å². The molecule has 139 heavy (non-hydrogen) atoms. The number of hydrogen-bond donors (Lipinski definition) is 0. The Labute approximate surface area is 848 Å². The van der Waals surface area contributed by atoms with E-state index in [1.807, 2.05) is 51.1 Å². The van der Waals surface area contributed by atoms with Crippen molar-refractivity contribution in [2.24, 2.45) is 59.2 Å². The highest BCUT2D eigenvalue weighted by Gasteiger charge is 2.66.